The van der Waals surface area contributed by atoms with Crippen LogP contribution in [-0.4, -0.2) is 49.1 Å². The summed E-state index contributed by atoms with van der Waals surface area (Å²) in [5, 5.41) is 20.8. The normalized spacial score (nSPS) is 12.0. The Labute approximate surface area is 192 Å². The Balaban J connectivity index is 1.45. The number of anilines is 1. The number of fused-ring (bicyclic) bond motifs is 1. The van der Waals surface area contributed by atoms with Crippen molar-refractivity contribution in [2.75, 3.05) is 5.73 Å². The molecule has 1 amide bonds. The average Bonchev–Trinajstić information content (AvgIpc) is 3.37. The molecule has 0 spiro atoms. The Hall–Kier alpha value is -3.67. The summed E-state index contributed by atoms with van der Waals surface area (Å²) in [6.45, 7) is 0. The fraction of sp³-hybridized carbons (Fsp3) is 0.381. The second-order valence-corrected chi connectivity index (χ2v) is 8.78. The van der Waals surface area contributed by atoms with Crippen molar-refractivity contribution in [3.8, 4) is 0 Å². The van der Waals surface area contributed by atoms with E-state index in [0.717, 1.165) is 42.5 Å². The second kappa shape index (κ2) is 10.8. The predicted molar refractivity (Wildman–Crippen MR) is 122 cm³/mol. The van der Waals surface area contributed by atoms with Gasteiger partial charge in [0.15, 0.2) is 0 Å². The zero-order chi connectivity index (χ0) is 24.0. The number of nitrogen functional groups attached to an aromatic ring is 1. The highest BCUT2D eigenvalue weighted by Crippen LogP contribution is 2.20. The number of rotatable bonds is 12. The Kier molecular flexibility index (Phi) is 7.83. The highest BCUT2D eigenvalue weighted by molar-refractivity contribution is 7.14. The minimum Gasteiger partial charge on any atom is -0.481 e. The lowest BCUT2D eigenvalue weighted by atomic mass is 10.1. The lowest BCUT2D eigenvalue weighted by Gasteiger charge is -2.12. The molecule has 33 heavy (non-hydrogen) atoms. The first-order chi connectivity index (χ1) is 15.7. The highest BCUT2D eigenvalue weighted by atomic mass is 32.1. The van der Waals surface area contributed by atoms with E-state index in [1.165, 1.54) is 11.3 Å². The van der Waals surface area contributed by atoms with Crippen LogP contribution in [0, 0.1) is 0 Å². The quantitative estimate of drug-likeness (QED) is 0.214. The molecule has 0 saturated carbocycles. The number of unbranched alkanes of at least 4 members (excludes halogenated alkanes) is 2. The summed E-state index contributed by atoms with van der Waals surface area (Å²) >= 11 is 1.29. The van der Waals surface area contributed by atoms with Crippen LogP contribution in [0.4, 0.5) is 5.95 Å². The molecule has 0 unspecified atom stereocenters. The number of H-pyrrole nitrogens is 2. The minimum atomic E-state index is -1.27. The van der Waals surface area contributed by atoms with Gasteiger partial charge in [-0.25, -0.2) is 4.79 Å². The zero-order valence-corrected chi connectivity index (χ0v) is 18.5. The first-order valence-electron chi connectivity index (χ1n) is 10.4. The first kappa shape index (κ1) is 24.0. The molecule has 0 aromatic carbocycles. The van der Waals surface area contributed by atoms with E-state index in [-0.39, 0.29) is 24.3 Å². The number of carbonyl (C=O) groups is 3. The fourth-order valence-corrected chi connectivity index (χ4v) is 4.45. The van der Waals surface area contributed by atoms with E-state index in [1.54, 1.807) is 12.3 Å². The number of aryl methyl sites for hydroxylation is 2. The van der Waals surface area contributed by atoms with E-state index >= 15 is 0 Å². The summed E-state index contributed by atoms with van der Waals surface area (Å²) in [7, 11) is 0. The molecule has 12 heteroatoms. The summed E-state index contributed by atoms with van der Waals surface area (Å²) in [6.07, 6.45) is 5.43. The third kappa shape index (κ3) is 6.42. The molecular weight excluding hydrogens is 450 g/mol. The summed E-state index contributed by atoms with van der Waals surface area (Å²) in [5.41, 5.74) is 6.66. The smallest absolute Gasteiger partial charge is 0.326 e. The predicted octanol–water partition coefficient (Wildman–Crippen LogP) is 1.90. The van der Waals surface area contributed by atoms with Gasteiger partial charge in [0, 0.05) is 17.5 Å². The molecule has 0 aliphatic carbocycles. The molecule has 11 nitrogen and oxygen atoms in total. The van der Waals surface area contributed by atoms with Crippen molar-refractivity contribution in [3.05, 3.63) is 44.0 Å². The van der Waals surface area contributed by atoms with Crippen molar-refractivity contribution in [3.63, 3.8) is 0 Å². The van der Waals surface area contributed by atoms with Crippen LogP contribution in [0.5, 0.6) is 0 Å². The van der Waals surface area contributed by atoms with Crippen molar-refractivity contribution in [2.45, 2.75) is 51.0 Å². The van der Waals surface area contributed by atoms with Crippen molar-refractivity contribution in [2.24, 2.45) is 0 Å². The zero-order valence-electron chi connectivity index (χ0n) is 17.7. The topological polar surface area (TPSA) is 191 Å². The highest BCUT2D eigenvalue weighted by Gasteiger charge is 2.22. The van der Waals surface area contributed by atoms with Gasteiger partial charge >= 0.3 is 11.9 Å². The van der Waals surface area contributed by atoms with Crippen LogP contribution >= 0.6 is 11.3 Å². The first-order valence-corrected chi connectivity index (χ1v) is 11.3. The number of nitrogens with two attached hydrogens (primary N) is 1. The lowest BCUT2D eigenvalue weighted by Crippen LogP contribution is -2.40. The number of thiophene rings is 1. The van der Waals surface area contributed by atoms with E-state index in [9.17, 15) is 24.3 Å². The third-order valence-corrected chi connectivity index (χ3v) is 6.29. The standard InChI is InChI=1S/C21H25N5O6S/c22-21-25-17-16(19(30)26-21)11(10-23-17)4-2-1-3-5-12-6-8-14(33-12)18(29)24-13(20(31)32)7-9-15(27)28/h6,8,10,13H,1-5,7,9H2,(H,24,29)(H,27,28)(H,31,32)(H4,22,23,25,26,30)/t13-/m0/s1. The molecule has 7 N–H and O–H groups in total. The van der Waals surface area contributed by atoms with Crippen molar-refractivity contribution < 1.29 is 24.6 Å². The average molecular weight is 476 g/mol. The Bertz CT molecular complexity index is 1210. The monoisotopic (exact) mass is 475 g/mol. The summed E-state index contributed by atoms with van der Waals surface area (Å²) in [4.78, 5) is 57.3. The molecule has 0 radical (unpaired) electrons. The number of carboxylic acid groups (broad SMARTS) is 2. The maximum absolute atomic E-state index is 12.3. The van der Waals surface area contributed by atoms with Gasteiger partial charge in [-0.3, -0.25) is 19.4 Å². The Morgan fingerprint density at radius 1 is 1.15 bits per heavy atom. The van der Waals surface area contributed by atoms with Crippen LogP contribution in [-0.2, 0) is 22.4 Å². The van der Waals surface area contributed by atoms with Crippen molar-refractivity contribution in [1.29, 1.82) is 0 Å². The van der Waals surface area contributed by atoms with E-state index in [2.05, 4.69) is 20.3 Å². The second-order valence-electron chi connectivity index (χ2n) is 7.61. The number of carbonyl (C=O) groups excluding carboxylic acids is 1. The number of nitrogens with zero attached hydrogens (tertiary/aromatic N) is 1. The van der Waals surface area contributed by atoms with Gasteiger partial charge in [0.2, 0.25) is 5.95 Å². The molecule has 0 fully saturated rings. The van der Waals surface area contributed by atoms with Crippen molar-refractivity contribution >= 4 is 46.2 Å². The number of aromatic nitrogens is 3. The van der Waals surface area contributed by atoms with Crippen LogP contribution < -0.4 is 16.6 Å². The number of amides is 1. The van der Waals surface area contributed by atoms with Crippen LogP contribution in [0.3, 0.4) is 0 Å². The molecule has 1 atom stereocenters. The molecule has 3 heterocycles. The van der Waals surface area contributed by atoms with Gasteiger partial charge in [-0.1, -0.05) is 6.42 Å². The van der Waals surface area contributed by atoms with E-state index in [4.69, 9.17) is 10.8 Å². The summed E-state index contributed by atoms with van der Waals surface area (Å²) < 4.78 is 0. The van der Waals surface area contributed by atoms with Gasteiger partial charge in [-0.2, -0.15) is 4.98 Å². The van der Waals surface area contributed by atoms with Gasteiger partial charge in [0.1, 0.15) is 11.7 Å². The third-order valence-electron chi connectivity index (χ3n) is 5.15. The van der Waals surface area contributed by atoms with Gasteiger partial charge in [-0.15, -0.1) is 11.3 Å². The SMILES string of the molecule is Nc1nc2[nH]cc(CCCCCc3ccc(C(=O)N[C@@H](CCC(=O)O)C(=O)O)s3)c2c(=O)[nH]1. The Morgan fingerprint density at radius 2 is 1.91 bits per heavy atom. The molecule has 0 bridgehead atoms. The van der Waals surface area contributed by atoms with Crippen LogP contribution in [0.25, 0.3) is 11.0 Å². The number of aromatic amines is 2. The molecular formula is C21H25N5O6S. The fourth-order valence-electron chi connectivity index (χ4n) is 3.50. The number of hydrogen-bond acceptors (Lipinski definition) is 7. The van der Waals surface area contributed by atoms with Gasteiger partial charge in [-0.05, 0) is 49.8 Å². The maximum atomic E-state index is 12.3. The summed E-state index contributed by atoms with van der Waals surface area (Å²) in [5.74, 6) is -2.84. The van der Waals surface area contributed by atoms with Crippen molar-refractivity contribution in [1.82, 2.24) is 20.3 Å². The molecule has 0 aliphatic rings. The van der Waals surface area contributed by atoms with E-state index in [1.807, 2.05) is 6.07 Å². The summed E-state index contributed by atoms with van der Waals surface area (Å²) in [6, 6.07) is 2.23. The van der Waals surface area contributed by atoms with Crippen LogP contribution in [0.15, 0.2) is 23.1 Å². The maximum Gasteiger partial charge on any atom is 0.326 e. The van der Waals surface area contributed by atoms with E-state index in [0.29, 0.717) is 15.9 Å². The molecule has 0 aliphatic heterocycles. The molecule has 176 valence electrons. The largest absolute Gasteiger partial charge is 0.481 e. The minimum absolute atomic E-state index is 0.0728. The molecule has 3 aromatic heterocycles. The van der Waals surface area contributed by atoms with E-state index < -0.39 is 23.9 Å². The van der Waals surface area contributed by atoms with Gasteiger partial charge in [0.25, 0.3) is 11.5 Å². The number of carboxylic acids is 2. The number of aliphatic carboxylic acids is 2. The Morgan fingerprint density at radius 3 is 2.64 bits per heavy atom. The number of nitrogens with one attached hydrogen (secondary N) is 3. The van der Waals surface area contributed by atoms with Crippen LogP contribution in [0.2, 0.25) is 0 Å². The van der Waals surface area contributed by atoms with Gasteiger partial charge < -0.3 is 26.2 Å². The molecule has 3 rings (SSSR count). The van der Waals surface area contributed by atoms with Crippen LogP contribution in [0.1, 0.15) is 52.2 Å². The molecule has 3 aromatic rings. The van der Waals surface area contributed by atoms with Gasteiger partial charge in [0.05, 0.1) is 10.3 Å². The number of hydrogen-bond donors (Lipinski definition) is 6. The molecule has 0 saturated heterocycles. The lowest BCUT2D eigenvalue weighted by molar-refractivity contribution is -0.140.